The van der Waals surface area contributed by atoms with Crippen molar-refractivity contribution < 1.29 is 19.0 Å². The van der Waals surface area contributed by atoms with Gasteiger partial charge in [0.05, 0.1) is 19.8 Å². The Morgan fingerprint density at radius 2 is 1.68 bits per heavy atom. The predicted octanol–water partition coefficient (Wildman–Crippen LogP) is 3.82. The van der Waals surface area contributed by atoms with E-state index in [4.69, 9.17) is 14.2 Å². The summed E-state index contributed by atoms with van der Waals surface area (Å²) in [7, 11) is 1.63. The molecule has 2 atom stereocenters. The highest BCUT2D eigenvalue weighted by Gasteiger charge is 2.31. The molecule has 5 heteroatoms. The lowest BCUT2D eigenvalue weighted by molar-refractivity contribution is -0.157. The van der Waals surface area contributed by atoms with Gasteiger partial charge in [0, 0.05) is 12.3 Å². The van der Waals surface area contributed by atoms with Gasteiger partial charge in [0.25, 0.3) is 0 Å². The lowest BCUT2D eigenvalue weighted by atomic mass is 10.0. The Bertz CT molecular complexity index is 643. The Hall–Kier alpha value is -2.53. The van der Waals surface area contributed by atoms with Crippen molar-refractivity contribution in [2.75, 3.05) is 25.6 Å². The molecule has 5 nitrogen and oxygen atoms in total. The SMILES string of the molecule is CCOC(=O)[C@@H](OCC)[C@H](Nc1ccc(OC)cc1)c1ccccc1. The molecule has 0 saturated heterocycles. The van der Waals surface area contributed by atoms with Crippen LogP contribution in [0.25, 0.3) is 0 Å². The number of methoxy groups -OCH3 is 1. The molecule has 0 spiro atoms. The summed E-state index contributed by atoms with van der Waals surface area (Å²) >= 11 is 0. The van der Waals surface area contributed by atoms with E-state index in [0.717, 1.165) is 17.0 Å². The number of esters is 1. The predicted molar refractivity (Wildman–Crippen MR) is 97.8 cm³/mol. The molecule has 0 aliphatic rings. The van der Waals surface area contributed by atoms with Crippen LogP contribution in [0.4, 0.5) is 5.69 Å². The molecule has 2 rings (SSSR count). The Kier molecular flexibility index (Phi) is 7.29. The van der Waals surface area contributed by atoms with Gasteiger partial charge in [-0.2, -0.15) is 0 Å². The second-order valence-corrected chi connectivity index (χ2v) is 5.39. The number of hydrogen-bond donors (Lipinski definition) is 1. The number of nitrogens with one attached hydrogen (secondary N) is 1. The highest BCUT2D eigenvalue weighted by Crippen LogP contribution is 2.27. The lowest BCUT2D eigenvalue weighted by Crippen LogP contribution is -2.37. The van der Waals surface area contributed by atoms with Crippen molar-refractivity contribution in [2.45, 2.75) is 26.0 Å². The summed E-state index contributed by atoms with van der Waals surface area (Å²) in [5.41, 5.74) is 1.81. The third-order valence-electron chi connectivity index (χ3n) is 3.74. The Morgan fingerprint density at radius 3 is 2.24 bits per heavy atom. The zero-order valence-electron chi connectivity index (χ0n) is 14.9. The molecule has 0 fully saturated rings. The average Bonchev–Trinajstić information content (AvgIpc) is 2.66. The smallest absolute Gasteiger partial charge is 0.337 e. The third kappa shape index (κ3) is 5.22. The first-order valence-electron chi connectivity index (χ1n) is 8.43. The zero-order valence-corrected chi connectivity index (χ0v) is 14.9. The average molecular weight is 343 g/mol. The van der Waals surface area contributed by atoms with Gasteiger partial charge in [-0.25, -0.2) is 4.79 Å². The number of benzene rings is 2. The quantitative estimate of drug-likeness (QED) is 0.702. The van der Waals surface area contributed by atoms with Gasteiger partial charge in [-0.1, -0.05) is 30.3 Å². The molecule has 1 N–H and O–H groups in total. The van der Waals surface area contributed by atoms with Gasteiger partial charge >= 0.3 is 5.97 Å². The van der Waals surface area contributed by atoms with Gasteiger partial charge in [-0.05, 0) is 43.7 Å². The van der Waals surface area contributed by atoms with E-state index >= 15 is 0 Å². The number of carbonyl (C=O) groups excluding carboxylic acids is 1. The van der Waals surface area contributed by atoms with E-state index < -0.39 is 6.10 Å². The summed E-state index contributed by atoms with van der Waals surface area (Å²) in [6.45, 7) is 4.38. The van der Waals surface area contributed by atoms with Gasteiger partial charge in [0.1, 0.15) is 5.75 Å². The van der Waals surface area contributed by atoms with E-state index in [2.05, 4.69) is 5.32 Å². The summed E-state index contributed by atoms with van der Waals surface area (Å²) in [6, 6.07) is 16.9. The molecule has 0 bridgehead atoms. The first-order chi connectivity index (χ1) is 12.2. The summed E-state index contributed by atoms with van der Waals surface area (Å²) in [4.78, 5) is 12.4. The van der Waals surface area contributed by atoms with Crippen LogP contribution in [0.5, 0.6) is 5.75 Å². The molecule has 0 unspecified atom stereocenters. The van der Waals surface area contributed by atoms with Crippen LogP contribution in [0.2, 0.25) is 0 Å². The van der Waals surface area contributed by atoms with Crippen LogP contribution in [0.15, 0.2) is 54.6 Å². The molecule has 2 aromatic carbocycles. The van der Waals surface area contributed by atoms with Crippen molar-refractivity contribution in [3.05, 3.63) is 60.2 Å². The van der Waals surface area contributed by atoms with Crippen LogP contribution >= 0.6 is 0 Å². The maximum absolute atomic E-state index is 12.4. The van der Waals surface area contributed by atoms with Crippen LogP contribution in [-0.2, 0) is 14.3 Å². The van der Waals surface area contributed by atoms with E-state index in [1.807, 2.05) is 61.5 Å². The van der Waals surface area contributed by atoms with Gasteiger partial charge in [-0.3, -0.25) is 0 Å². The first-order valence-corrected chi connectivity index (χ1v) is 8.43. The molecule has 134 valence electrons. The summed E-state index contributed by atoms with van der Waals surface area (Å²) < 4.78 is 16.1. The van der Waals surface area contributed by atoms with Gasteiger partial charge < -0.3 is 19.5 Å². The van der Waals surface area contributed by atoms with Crippen molar-refractivity contribution in [1.82, 2.24) is 0 Å². The molecule has 2 aromatic rings. The maximum Gasteiger partial charge on any atom is 0.337 e. The zero-order chi connectivity index (χ0) is 18.1. The number of hydrogen-bond acceptors (Lipinski definition) is 5. The van der Waals surface area contributed by atoms with Crippen molar-refractivity contribution >= 4 is 11.7 Å². The van der Waals surface area contributed by atoms with Crippen LogP contribution in [0, 0.1) is 0 Å². The molecule has 0 aromatic heterocycles. The minimum atomic E-state index is -0.741. The number of rotatable bonds is 9. The van der Waals surface area contributed by atoms with Crippen molar-refractivity contribution in [3.63, 3.8) is 0 Å². The highest BCUT2D eigenvalue weighted by atomic mass is 16.6. The topological polar surface area (TPSA) is 56.8 Å². The normalized spacial score (nSPS) is 12.9. The maximum atomic E-state index is 12.4. The first kappa shape index (κ1) is 18.8. The molecule has 0 aliphatic heterocycles. The fourth-order valence-electron chi connectivity index (χ4n) is 2.57. The largest absolute Gasteiger partial charge is 0.497 e. The fraction of sp³-hybridized carbons (Fsp3) is 0.350. The summed E-state index contributed by atoms with van der Waals surface area (Å²) in [6.07, 6.45) is -0.741. The number of carbonyl (C=O) groups is 1. The highest BCUT2D eigenvalue weighted by molar-refractivity contribution is 5.77. The van der Waals surface area contributed by atoms with E-state index in [0.29, 0.717) is 13.2 Å². The van der Waals surface area contributed by atoms with Crippen LogP contribution in [-0.4, -0.2) is 32.4 Å². The Balaban J connectivity index is 2.32. The summed E-state index contributed by atoms with van der Waals surface area (Å²) in [5, 5.41) is 3.39. The minimum absolute atomic E-state index is 0.312. The third-order valence-corrected chi connectivity index (χ3v) is 3.74. The number of anilines is 1. The van der Waals surface area contributed by atoms with Crippen molar-refractivity contribution in [1.29, 1.82) is 0 Å². The van der Waals surface area contributed by atoms with Crippen molar-refractivity contribution in [2.24, 2.45) is 0 Å². The van der Waals surface area contributed by atoms with Gasteiger partial charge in [-0.15, -0.1) is 0 Å². The second-order valence-electron chi connectivity index (χ2n) is 5.39. The fourth-order valence-corrected chi connectivity index (χ4v) is 2.57. The second kappa shape index (κ2) is 9.69. The van der Waals surface area contributed by atoms with Crippen LogP contribution in [0.3, 0.4) is 0 Å². The molecule has 25 heavy (non-hydrogen) atoms. The van der Waals surface area contributed by atoms with E-state index in [1.54, 1.807) is 14.0 Å². The molecule has 0 aliphatic carbocycles. The van der Waals surface area contributed by atoms with Crippen LogP contribution < -0.4 is 10.1 Å². The van der Waals surface area contributed by atoms with E-state index in [-0.39, 0.29) is 12.0 Å². The molecule has 0 radical (unpaired) electrons. The monoisotopic (exact) mass is 343 g/mol. The molecular weight excluding hydrogens is 318 g/mol. The van der Waals surface area contributed by atoms with E-state index in [9.17, 15) is 4.79 Å². The minimum Gasteiger partial charge on any atom is -0.497 e. The lowest BCUT2D eigenvalue weighted by Gasteiger charge is -2.27. The van der Waals surface area contributed by atoms with Gasteiger partial charge in [0.15, 0.2) is 6.10 Å². The van der Waals surface area contributed by atoms with Crippen molar-refractivity contribution in [3.8, 4) is 5.75 Å². The molecular formula is C20H25NO4. The Labute approximate surface area is 148 Å². The molecule has 0 amide bonds. The molecule has 0 saturated carbocycles. The van der Waals surface area contributed by atoms with E-state index in [1.165, 1.54) is 0 Å². The standard InChI is InChI=1S/C20H25NO4/c1-4-24-19(20(22)25-5-2)18(15-9-7-6-8-10-15)21-16-11-13-17(23-3)14-12-16/h6-14,18-19,21H,4-5H2,1-3H3/t18-,19+/m1/s1. The number of ether oxygens (including phenoxy) is 3. The summed E-state index contributed by atoms with van der Waals surface area (Å²) in [5.74, 6) is 0.396. The Morgan fingerprint density at radius 1 is 1.00 bits per heavy atom. The van der Waals surface area contributed by atoms with Crippen LogP contribution in [0.1, 0.15) is 25.5 Å². The van der Waals surface area contributed by atoms with Gasteiger partial charge in [0.2, 0.25) is 0 Å². The molecule has 0 heterocycles.